The van der Waals surface area contributed by atoms with Crippen LogP contribution in [-0.2, 0) is 8.88 Å². The van der Waals surface area contributed by atoms with Crippen LogP contribution in [-0.4, -0.2) is 37.0 Å². The van der Waals surface area contributed by atoms with Gasteiger partial charge in [0.2, 0.25) is 0 Å². The molecular weight excluding hydrogens is 670 g/mol. The van der Waals surface area contributed by atoms with Crippen LogP contribution in [0.25, 0.3) is 0 Å². The molecule has 316 valence electrons. The van der Waals surface area contributed by atoms with E-state index in [-0.39, 0.29) is 0 Å². The summed E-state index contributed by atoms with van der Waals surface area (Å²) in [5.74, 6) is 0. The second kappa shape index (κ2) is 30.7. The zero-order valence-corrected chi connectivity index (χ0v) is 40.0. The van der Waals surface area contributed by atoms with E-state index in [0.29, 0.717) is 10.8 Å². The van der Waals surface area contributed by atoms with Gasteiger partial charge in [-0.3, -0.25) is 0 Å². The first-order chi connectivity index (χ1) is 24.7. The van der Waals surface area contributed by atoms with Crippen LogP contribution in [0.3, 0.4) is 0 Å². The van der Waals surface area contributed by atoms with Crippen LogP contribution in [0.5, 0.6) is 0 Å². The Morgan fingerprint density at radius 3 is 0.885 bits per heavy atom. The molecule has 52 heavy (non-hydrogen) atoms. The van der Waals surface area contributed by atoms with Gasteiger partial charge in [-0.25, -0.2) is 0 Å². The molecule has 0 aliphatic rings. The van der Waals surface area contributed by atoms with E-state index in [4.69, 9.17) is 4.31 Å². The third-order valence-electron chi connectivity index (χ3n) is 12.0. The van der Waals surface area contributed by atoms with Gasteiger partial charge >= 0.3 is 319 Å². The van der Waals surface area contributed by atoms with Gasteiger partial charge in [0, 0.05) is 0 Å². The molecule has 0 rings (SSSR count). The minimum absolute atomic E-state index is 0.337. The Balaban J connectivity index is 6.37. The van der Waals surface area contributed by atoms with Crippen molar-refractivity contribution in [2.24, 2.45) is 10.8 Å². The third kappa shape index (κ3) is 28.9. The van der Waals surface area contributed by atoms with Crippen molar-refractivity contribution in [2.75, 3.05) is 37.0 Å². The maximum atomic E-state index is 15.7. The van der Waals surface area contributed by atoms with Gasteiger partial charge in [0.15, 0.2) is 0 Å². The van der Waals surface area contributed by atoms with Crippen LogP contribution < -0.4 is 0 Å². The van der Waals surface area contributed by atoms with Crippen LogP contribution in [0, 0.1) is 10.8 Å². The third-order valence-corrected chi connectivity index (χ3v) is 22.9. The van der Waals surface area contributed by atoms with Crippen molar-refractivity contribution in [3.05, 3.63) is 0 Å². The molecule has 0 atom stereocenters. The van der Waals surface area contributed by atoms with E-state index in [9.17, 15) is 0 Å². The van der Waals surface area contributed by atoms with E-state index in [1.807, 2.05) is 0 Å². The summed E-state index contributed by atoms with van der Waals surface area (Å²) >= 11 is 0. The summed E-state index contributed by atoms with van der Waals surface area (Å²) in [7, 11) is -2.76. The van der Waals surface area contributed by atoms with E-state index < -0.39 is 14.2 Å². The van der Waals surface area contributed by atoms with Gasteiger partial charge < -0.3 is 0 Å². The topological polar surface area (TPSA) is 26.3 Å². The first kappa shape index (κ1) is 52.6. The van der Waals surface area contributed by atoms with Crippen molar-refractivity contribution in [1.29, 1.82) is 0 Å². The van der Waals surface area contributed by atoms with Crippen LogP contribution >= 0.6 is 14.2 Å². The molecule has 0 radical (unpaired) electrons. The molecule has 0 amide bonds. The van der Waals surface area contributed by atoms with Gasteiger partial charge in [0.1, 0.15) is 0 Å². The fourth-order valence-electron chi connectivity index (χ4n) is 8.63. The predicted octanol–water partition coefficient (Wildman–Crippen LogP) is 18.6. The second-order valence-corrected chi connectivity index (χ2v) is 28.9. The molecule has 0 spiro atoms. The zero-order valence-electron chi connectivity index (χ0n) is 38.2. The van der Waals surface area contributed by atoms with Crippen molar-refractivity contribution in [3.63, 3.8) is 0 Å². The van der Waals surface area contributed by atoms with E-state index in [2.05, 4.69) is 69.2 Å². The number of unbranched alkanes of at least 4 members (excludes halogenated alkanes) is 22. The molecule has 2 nitrogen and oxygen atoms in total. The van der Waals surface area contributed by atoms with Crippen molar-refractivity contribution in [2.45, 2.75) is 262 Å². The summed E-state index contributed by atoms with van der Waals surface area (Å²) in [5, 5.41) is 0. The monoisotopic (exact) mass is 773 g/mol. The molecule has 0 fully saturated rings. The summed E-state index contributed by atoms with van der Waals surface area (Å²) in [5.41, 5.74) is 0.673. The molecule has 0 unspecified atom stereocenters. The van der Waals surface area contributed by atoms with Gasteiger partial charge in [0.25, 0.3) is 0 Å². The first-order valence-corrected chi connectivity index (χ1v) is 28.9. The SMILES string of the molecule is CCCCCCCCCCCCCCP(CCCCCC)(CCCCCC)(CCCCCC)OP(=O)(CCCCC(C)(C)C)CCCCC(C)(C)C. The Hall–Kier alpha value is 0.620. The Labute approximate surface area is 331 Å². The summed E-state index contributed by atoms with van der Waals surface area (Å²) < 4.78 is 23.7. The minimum atomic E-state index is -2.76. The van der Waals surface area contributed by atoms with Gasteiger partial charge in [-0.15, -0.1) is 0 Å². The summed E-state index contributed by atoms with van der Waals surface area (Å²) in [6, 6.07) is 0. The normalized spacial score (nSPS) is 13.8. The molecule has 0 N–H and O–H groups in total. The van der Waals surface area contributed by atoms with Gasteiger partial charge in [-0.2, -0.15) is 0 Å². The van der Waals surface area contributed by atoms with Crippen LogP contribution in [0.1, 0.15) is 262 Å². The number of rotatable bonds is 38. The van der Waals surface area contributed by atoms with Crippen molar-refractivity contribution in [3.8, 4) is 0 Å². The number of hydrogen-bond donors (Lipinski definition) is 0. The van der Waals surface area contributed by atoms with E-state index in [1.54, 1.807) is 0 Å². The molecule has 0 aromatic rings. The average Bonchev–Trinajstić information content (AvgIpc) is 3.08. The Morgan fingerprint density at radius 2 is 0.615 bits per heavy atom. The summed E-state index contributed by atoms with van der Waals surface area (Å²) in [6.07, 6.45) is 46.0. The van der Waals surface area contributed by atoms with Crippen LogP contribution in [0.4, 0.5) is 0 Å². The molecule has 0 aromatic heterocycles. The van der Waals surface area contributed by atoms with Crippen molar-refractivity contribution >= 4 is 14.2 Å². The molecule has 0 heterocycles. The second-order valence-electron chi connectivity index (χ2n) is 20.2. The van der Waals surface area contributed by atoms with E-state index >= 15 is 4.57 Å². The fraction of sp³-hybridized carbons (Fsp3) is 1.00. The van der Waals surface area contributed by atoms with Crippen molar-refractivity contribution < 1.29 is 8.88 Å². The van der Waals surface area contributed by atoms with Gasteiger partial charge in [-0.05, 0) is 0 Å². The Morgan fingerprint density at radius 1 is 0.365 bits per heavy atom. The maximum absolute atomic E-state index is 15.7. The quantitative estimate of drug-likeness (QED) is 0.0461. The van der Waals surface area contributed by atoms with Gasteiger partial charge in [-0.1, -0.05) is 13.3 Å². The summed E-state index contributed by atoms with van der Waals surface area (Å²) in [4.78, 5) is 0. The molecule has 0 aliphatic heterocycles. The molecule has 0 bridgehead atoms. The molecule has 0 saturated carbocycles. The molecular formula is C48H102O2P2. The van der Waals surface area contributed by atoms with E-state index in [0.717, 1.165) is 25.2 Å². The van der Waals surface area contributed by atoms with E-state index in [1.165, 1.54) is 204 Å². The average molecular weight is 773 g/mol. The molecule has 0 aromatic carbocycles. The predicted molar refractivity (Wildman–Crippen MR) is 245 cm³/mol. The van der Waals surface area contributed by atoms with Crippen LogP contribution in [0.2, 0.25) is 0 Å². The Bertz CT molecular complexity index is 778. The molecule has 0 aliphatic carbocycles. The first-order valence-electron chi connectivity index (χ1n) is 24.0. The fourth-order valence-corrected chi connectivity index (χ4v) is 21.0. The number of hydrogen-bond acceptors (Lipinski definition) is 2. The standard InChI is InChI=1S/C48H102O2P2/c1-11-15-19-23-24-25-26-27-28-29-30-38-46-52(43-35-20-16-12-2,44-36-21-17-13-3,45-37-22-18-14-4)50-51(49,41-33-31-39-47(5,6)7)42-34-32-40-48(8,9)10/h11-46H2,1-10H3. The van der Waals surface area contributed by atoms with Gasteiger partial charge in [0.05, 0.1) is 0 Å². The van der Waals surface area contributed by atoms with Crippen LogP contribution in [0.15, 0.2) is 0 Å². The van der Waals surface area contributed by atoms with Crippen molar-refractivity contribution in [1.82, 2.24) is 0 Å². The zero-order chi connectivity index (χ0) is 39.1. The molecule has 4 heteroatoms. The molecule has 0 saturated heterocycles. The summed E-state index contributed by atoms with van der Waals surface area (Å²) in [6.45, 7) is 20.8. The Kier molecular flexibility index (Phi) is 31.1.